The van der Waals surface area contributed by atoms with Gasteiger partial charge >= 0.3 is 0 Å². The summed E-state index contributed by atoms with van der Waals surface area (Å²) in [7, 11) is 4.31. The zero-order valence-corrected chi connectivity index (χ0v) is 13.4. The Morgan fingerprint density at radius 2 is 2.00 bits per heavy atom. The molecule has 0 spiro atoms. The van der Waals surface area contributed by atoms with Crippen molar-refractivity contribution in [1.82, 2.24) is 10.2 Å². The quantitative estimate of drug-likeness (QED) is 0.864. The van der Waals surface area contributed by atoms with Crippen molar-refractivity contribution in [3.8, 4) is 5.75 Å². The van der Waals surface area contributed by atoms with Crippen molar-refractivity contribution in [3.05, 3.63) is 29.3 Å². The summed E-state index contributed by atoms with van der Waals surface area (Å²) in [4.78, 5) is 2.31. The van der Waals surface area contributed by atoms with E-state index in [0.717, 1.165) is 25.3 Å². The Hall–Kier alpha value is -1.06. The van der Waals surface area contributed by atoms with E-state index in [1.54, 1.807) is 0 Å². The standard InChI is InChI=1S/C17H28N2O/c1-12(2)16(19(4)5)11-18-13(3)14-6-7-17-15(10-14)8-9-20-17/h6-7,10,12-13,16,18H,8-9,11H2,1-5H3. The zero-order chi connectivity index (χ0) is 14.7. The lowest BCUT2D eigenvalue weighted by Gasteiger charge is -2.29. The van der Waals surface area contributed by atoms with Gasteiger partial charge in [-0.15, -0.1) is 0 Å². The second kappa shape index (κ2) is 6.59. The van der Waals surface area contributed by atoms with Crippen molar-refractivity contribution >= 4 is 0 Å². The van der Waals surface area contributed by atoms with E-state index in [2.05, 4.69) is 63.3 Å². The van der Waals surface area contributed by atoms with Gasteiger partial charge in [-0.3, -0.25) is 0 Å². The summed E-state index contributed by atoms with van der Waals surface area (Å²) in [6.45, 7) is 8.65. The highest BCUT2D eigenvalue weighted by molar-refractivity contribution is 5.40. The first-order valence-corrected chi connectivity index (χ1v) is 7.64. The fraction of sp³-hybridized carbons (Fsp3) is 0.647. The van der Waals surface area contributed by atoms with Gasteiger partial charge in [-0.2, -0.15) is 0 Å². The zero-order valence-electron chi connectivity index (χ0n) is 13.4. The van der Waals surface area contributed by atoms with Crippen LogP contribution in [0.5, 0.6) is 5.75 Å². The number of benzene rings is 1. The second-order valence-corrected chi connectivity index (χ2v) is 6.37. The molecule has 1 aliphatic rings. The van der Waals surface area contributed by atoms with Crippen LogP contribution in [0.1, 0.15) is 37.9 Å². The molecule has 0 aliphatic carbocycles. The van der Waals surface area contributed by atoms with Crippen LogP contribution in [0.25, 0.3) is 0 Å². The van der Waals surface area contributed by atoms with Crippen molar-refractivity contribution in [2.75, 3.05) is 27.2 Å². The van der Waals surface area contributed by atoms with Crippen molar-refractivity contribution in [1.29, 1.82) is 0 Å². The highest BCUT2D eigenvalue weighted by Crippen LogP contribution is 2.28. The molecule has 0 saturated heterocycles. The topological polar surface area (TPSA) is 24.5 Å². The van der Waals surface area contributed by atoms with E-state index in [9.17, 15) is 0 Å². The van der Waals surface area contributed by atoms with Gasteiger partial charge in [-0.1, -0.05) is 26.0 Å². The molecule has 1 aromatic rings. The van der Waals surface area contributed by atoms with E-state index in [1.165, 1.54) is 11.1 Å². The molecule has 1 N–H and O–H groups in total. The molecule has 2 unspecified atom stereocenters. The van der Waals surface area contributed by atoms with Crippen LogP contribution < -0.4 is 10.1 Å². The Labute approximate surface area is 123 Å². The van der Waals surface area contributed by atoms with E-state index >= 15 is 0 Å². The van der Waals surface area contributed by atoms with Crippen LogP contribution in [0.2, 0.25) is 0 Å². The number of fused-ring (bicyclic) bond motifs is 1. The van der Waals surface area contributed by atoms with Gasteiger partial charge < -0.3 is 15.0 Å². The normalized spacial score (nSPS) is 17.1. The summed E-state index contributed by atoms with van der Waals surface area (Å²) in [6, 6.07) is 7.53. The SMILES string of the molecule is CC(NCC(C(C)C)N(C)C)c1ccc2c(c1)CCO2. The first kappa shape index (κ1) is 15.3. The van der Waals surface area contributed by atoms with E-state index < -0.39 is 0 Å². The summed E-state index contributed by atoms with van der Waals surface area (Å²) in [5, 5.41) is 3.67. The Bertz CT molecular complexity index is 435. The van der Waals surface area contributed by atoms with E-state index in [1.807, 2.05) is 0 Å². The predicted molar refractivity (Wildman–Crippen MR) is 84.4 cm³/mol. The van der Waals surface area contributed by atoms with Crippen LogP contribution in [-0.4, -0.2) is 38.2 Å². The molecular formula is C17H28N2O. The van der Waals surface area contributed by atoms with Gasteiger partial charge in [0.2, 0.25) is 0 Å². The molecule has 0 fully saturated rings. The maximum atomic E-state index is 5.57. The minimum Gasteiger partial charge on any atom is -0.493 e. The monoisotopic (exact) mass is 276 g/mol. The number of ether oxygens (including phenoxy) is 1. The molecule has 2 rings (SSSR count). The average Bonchev–Trinajstić information content (AvgIpc) is 2.84. The number of likely N-dealkylation sites (N-methyl/N-ethyl adjacent to an activating group) is 1. The molecule has 0 radical (unpaired) electrons. The lowest BCUT2D eigenvalue weighted by atomic mass is 10.0. The molecule has 3 heteroatoms. The molecule has 1 aromatic carbocycles. The minimum absolute atomic E-state index is 0.377. The summed E-state index contributed by atoms with van der Waals surface area (Å²) in [5.74, 6) is 1.72. The van der Waals surface area contributed by atoms with Gasteiger partial charge in [0, 0.05) is 25.0 Å². The van der Waals surface area contributed by atoms with Crippen molar-refractivity contribution in [3.63, 3.8) is 0 Å². The highest BCUT2D eigenvalue weighted by atomic mass is 16.5. The van der Waals surface area contributed by atoms with E-state index in [4.69, 9.17) is 4.74 Å². The van der Waals surface area contributed by atoms with E-state index in [-0.39, 0.29) is 0 Å². The second-order valence-electron chi connectivity index (χ2n) is 6.37. The molecular weight excluding hydrogens is 248 g/mol. The molecule has 0 aromatic heterocycles. The summed E-state index contributed by atoms with van der Waals surface area (Å²) in [5.41, 5.74) is 2.71. The third-order valence-corrected chi connectivity index (χ3v) is 4.28. The highest BCUT2D eigenvalue weighted by Gasteiger charge is 2.18. The third-order valence-electron chi connectivity index (χ3n) is 4.28. The van der Waals surface area contributed by atoms with Crippen molar-refractivity contribution in [2.45, 2.75) is 39.3 Å². The maximum Gasteiger partial charge on any atom is 0.122 e. The Kier molecular flexibility index (Phi) is 5.06. The number of hydrogen-bond acceptors (Lipinski definition) is 3. The predicted octanol–water partition coefficient (Wildman–Crippen LogP) is 2.86. The summed E-state index contributed by atoms with van der Waals surface area (Å²) < 4.78 is 5.57. The Morgan fingerprint density at radius 3 is 2.65 bits per heavy atom. The van der Waals surface area contributed by atoms with Crippen LogP contribution in [0.15, 0.2) is 18.2 Å². The fourth-order valence-corrected chi connectivity index (χ4v) is 2.91. The molecule has 3 nitrogen and oxygen atoms in total. The van der Waals surface area contributed by atoms with Gasteiger partial charge in [0.05, 0.1) is 6.61 Å². The average molecular weight is 276 g/mol. The lowest BCUT2D eigenvalue weighted by Crippen LogP contribution is -2.42. The molecule has 2 atom stereocenters. The van der Waals surface area contributed by atoms with Crippen LogP contribution in [0.3, 0.4) is 0 Å². The van der Waals surface area contributed by atoms with Crippen molar-refractivity contribution in [2.24, 2.45) is 5.92 Å². The van der Waals surface area contributed by atoms with Gasteiger partial charge in [-0.05, 0) is 44.1 Å². The molecule has 1 aliphatic heterocycles. The first-order chi connectivity index (χ1) is 9.49. The summed E-state index contributed by atoms with van der Waals surface area (Å²) >= 11 is 0. The fourth-order valence-electron chi connectivity index (χ4n) is 2.91. The van der Waals surface area contributed by atoms with Gasteiger partial charge in [0.25, 0.3) is 0 Å². The van der Waals surface area contributed by atoms with Gasteiger partial charge in [0.15, 0.2) is 0 Å². The third kappa shape index (κ3) is 3.53. The van der Waals surface area contributed by atoms with Crippen LogP contribution in [-0.2, 0) is 6.42 Å². The largest absolute Gasteiger partial charge is 0.493 e. The van der Waals surface area contributed by atoms with Gasteiger partial charge in [-0.25, -0.2) is 0 Å². The number of rotatable bonds is 6. The summed E-state index contributed by atoms with van der Waals surface area (Å²) in [6.07, 6.45) is 1.04. The first-order valence-electron chi connectivity index (χ1n) is 7.64. The number of nitrogens with zero attached hydrogens (tertiary/aromatic N) is 1. The van der Waals surface area contributed by atoms with E-state index in [0.29, 0.717) is 18.0 Å². The molecule has 0 bridgehead atoms. The molecule has 20 heavy (non-hydrogen) atoms. The van der Waals surface area contributed by atoms with Crippen LogP contribution in [0.4, 0.5) is 0 Å². The number of hydrogen-bond donors (Lipinski definition) is 1. The minimum atomic E-state index is 0.377. The molecule has 112 valence electrons. The van der Waals surface area contributed by atoms with Crippen molar-refractivity contribution < 1.29 is 4.74 Å². The molecule has 0 amide bonds. The molecule has 1 heterocycles. The van der Waals surface area contributed by atoms with Gasteiger partial charge in [0.1, 0.15) is 5.75 Å². The molecule has 0 saturated carbocycles. The Morgan fingerprint density at radius 1 is 1.25 bits per heavy atom. The Balaban J connectivity index is 1.96. The van der Waals surface area contributed by atoms with Crippen LogP contribution >= 0.6 is 0 Å². The maximum absolute atomic E-state index is 5.57. The lowest BCUT2D eigenvalue weighted by molar-refractivity contribution is 0.220. The number of nitrogens with one attached hydrogen (secondary N) is 1. The van der Waals surface area contributed by atoms with Crippen LogP contribution in [0, 0.1) is 5.92 Å². The smallest absolute Gasteiger partial charge is 0.122 e.